The van der Waals surface area contributed by atoms with Gasteiger partial charge in [0.05, 0.1) is 11.7 Å². The monoisotopic (exact) mass is 310 g/mol. The van der Waals surface area contributed by atoms with Gasteiger partial charge in [-0.3, -0.25) is 9.67 Å². The maximum absolute atomic E-state index is 13.7. The van der Waals surface area contributed by atoms with Crippen LogP contribution >= 0.6 is 0 Å². The molecule has 1 aromatic carbocycles. The van der Waals surface area contributed by atoms with Gasteiger partial charge in [-0.15, -0.1) is 0 Å². The Bertz CT molecular complexity index is 871. The van der Waals surface area contributed by atoms with Crippen LogP contribution in [-0.4, -0.2) is 27.9 Å². The molecule has 1 aliphatic heterocycles. The highest BCUT2D eigenvalue weighted by atomic mass is 19.1. The molecule has 3 aromatic rings. The molecule has 0 N–H and O–H groups in total. The van der Waals surface area contributed by atoms with E-state index in [9.17, 15) is 4.39 Å². The van der Waals surface area contributed by atoms with Crippen molar-refractivity contribution in [3.05, 3.63) is 53.7 Å². The molecule has 4 nitrogen and oxygen atoms in total. The molecule has 0 saturated carbocycles. The molecule has 23 heavy (non-hydrogen) atoms. The first-order valence-electron chi connectivity index (χ1n) is 7.90. The summed E-state index contributed by atoms with van der Waals surface area (Å²) in [5.74, 6) is 0.258. The van der Waals surface area contributed by atoms with Crippen LogP contribution < -0.4 is 4.90 Å². The van der Waals surface area contributed by atoms with Crippen molar-refractivity contribution in [1.82, 2.24) is 14.8 Å². The number of nitrogens with zero attached hydrogens (tertiary/aromatic N) is 4. The van der Waals surface area contributed by atoms with Crippen LogP contribution in [0, 0.1) is 12.7 Å². The van der Waals surface area contributed by atoms with Crippen molar-refractivity contribution in [3.8, 4) is 0 Å². The van der Waals surface area contributed by atoms with E-state index in [1.807, 2.05) is 24.9 Å². The van der Waals surface area contributed by atoms with E-state index in [4.69, 9.17) is 0 Å². The van der Waals surface area contributed by atoms with Gasteiger partial charge in [-0.25, -0.2) is 4.39 Å². The van der Waals surface area contributed by atoms with E-state index < -0.39 is 0 Å². The van der Waals surface area contributed by atoms with Crippen molar-refractivity contribution in [2.45, 2.75) is 19.3 Å². The van der Waals surface area contributed by atoms with Gasteiger partial charge in [0.2, 0.25) is 0 Å². The second-order valence-electron chi connectivity index (χ2n) is 6.32. The van der Waals surface area contributed by atoms with Gasteiger partial charge in [0.15, 0.2) is 0 Å². The van der Waals surface area contributed by atoms with Crippen molar-refractivity contribution >= 4 is 16.6 Å². The van der Waals surface area contributed by atoms with Crippen molar-refractivity contribution in [2.75, 3.05) is 18.0 Å². The average Bonchev–Trinajstić information content (AvgIpc) is 3.15. The smallest absolute Gasteiger partial charge is 0.124 e. The Morgan fingerprint density at radius 1 is 1.26 bits per heavy atom. The quantitative estimate of drug-likeness (QED) is 0.727. The fourth-order valence-corrected chi connectivity index (χ4v) is 3.47. The second-order valence-corrected chi connectivity index (χ2v) is 6.32. The van der Waals surface area contributed by atoms with Gasteiger partial charge >= 0.3 is 0 Å². The van der Waals surface area contributed by atoms with Gasteiger partial charge in [0, 0.05) is 49.0 Å². The lowest BCUT2D eigenvalue weighted by molar-refractivity contribution is 0.629. The first-order chi connectivity index (χ1) is 11.1. The number of halogens is 1. The highest BCUT2D eigenvalue weighted by Crippen LogP contribution is 2.34. The Labute approximate surface area is 134 Å². The third-order valence-electron chi connectivity index (χ3n) is 4.60. The molecule has 0 spiro atoms. The molecule has 2 aromatic heterocycles. The molecule has 1 atom stereocenters. The SMILES string of the molecule is Cc1cc(N2CCC(c3cnn(C)c3)C2)c2cc(F)ccc2n1. The Balaban J connectivity index is 1.71. The first-order valence-corrected chi connectivity index (χ1v) is 7.90. The maximum atomic E-state index is 13.7. The molecule has 3 heterocycles. The zero-order chi connectivity index (χ0) is 16.0. The molecule has 0 bridgehead atoms. The van der Waals surface area contributed by atoms with Gasteiger partial charge in [-0.1, -0.05) is 0 Å². The van der Waals surface area contributed by atoms with Crippen LogP contribution in [0.25, 0.3) is 10.9 Å². The maximum Gasteiger partial charge on any atom is 0.124 e. The molecular formula is C18H19FN4. The summed E-state index contributed by atoms with van der Waals surface area (Å²) in [7, 11) is 1.94. The van der Waals surface area contributed by atoms with Crippen molar-refractivity contribution in [2.24, 2.45) is 7.05 Å². The molecule has 1 unspecified atom stereocenters. The van der Waals surface area contributed by atoms with Gasteiger partial charge in [0.1, 0.15) is 5.82 Å². The largest absolute Gasteiger partial charge is 0.370 e. The van der Waals surface area contributed by atoms with Crippen molar-refractivity contribution < 1.29 is 4.39 Å². The molecule has 5 heteroatoms. The summed E-state index contributed by atoms with van der Waals surface area (Å²) in [5, 5.41) is 5.16. The van der Waals surface area contributed by atoms with Crippen molar-refractivity contribution in [3.63, 3.8) is 0 Å². The molecule has 118 valence electrons. The van der Waals surface area contributed by atoms with Gasteiger partial charge in [-0.05, 0) is 43.2 Å². The van der Waals surface area contributed by atoms with Crippen LogP contribution in [0.1, 0.15) is 23.6 Å². The summed E-state index contributed by atoms with van der Waals surface area (Å²) in [6.45, 7) is 3.89. The molecule has 1 saturated heterocycles. The fraction of sp³-hybridized carbons (Fsp3) is 0.333. The number of aryl methyl sites for hydroxylation is 2. The number of anilines is 1. The third-order valence-corrected chi connectivity index (χ3v) is 4.60. The minimum absolute atomic E-state index is 0.215. The van der Waals surface area contributed by atoms with Crippen molar-refractivity contribution in [1.29, 1.82) is 0 Å². The molecule has 0 radical (unpaired) electrons. The predicted molar refractivity (Wildman–Crippen MR) is 89.2 cm³/mol. The molecular weight excluding hydrogens is 291 g/mol. The van der Waals surface area contributed by atoms with Gasteiger partial charge in [0.25, 0.3) is 0 Å². The summed E-state index contributed by atoms with van der Waals surface area (Å²) < 4.78 is 15.5. The van der Waals surface area contributed by atoms with Gasteiger partial charge < -0.3 is 4.90 Å². The van der Waals surface area contributed by atoms with Crippen LogP contribution in [0.2, 0.25) is 0 Å². The second kappa shape index (κ2) is 5.33. The number of rotatable bonds is 2. The lowest BCUT2D eigenvalue weighted by atomic mass is 10.0. The summed E-state index contributed by atoms with van der Waals surface area (Å²) in [6.07, 6.45) is 5.12. The number of aromatic nitrogens is 3. The Kier molecular flexibility index (Phi) is 3.29. The zero-order valence-corrected chi connectivity index (χ0v) is 13.3. The topological polar surface area (TPSA) is 34.0 Å². The number of hydrogen-bond donors (Lipinski definition) is 0. The standard InChI is InChI=1S/C18H19FN4/c1-12-7-18(16-8-15(19)3-4-17(16)21-12)23-6-5-13(11-23)14-9-20-22(2)10-14/h3-4,7-10,13H,5-6,11H2,1-2H3. The fourth-order valence-electron chi connectivity index (χ4n) is 3.47. The van der Waals surface area contributed by atoms with Crippen LogP contribution in [0.4, 0.5) is 10.1 Å². The predicted octanol–water partition coefficient (Wildman–Crippen LogP) is 3.41. The van der Waals surface area contributed by atoms with E-state index in [-0.39, 0.29) is 5.82 Å². The van der Waals surface area contributed by atoms with Crippen LogP contribution in [0.3, 0.4) is 0 Å². The minimum atomic E-state index is -0.215. The van der Waals surface area contributed by atoms with E-state index in [0.29, 0.717) is 5.92 Å². The minimum Gasteiger partial charge on any atom is -0.370 e. The average molecular weight is 310 g/mol. The summed E-state index contributed by atoms with van der Waals surface area (Å²) in [4.78, 5) is 6.86. The molecule has 0 amide bonds. The normalized spacial score (nSPS) is 18.0. The van der Waals surface area contributed by atoms with E-state index in [1.165, 1.54) is 11.6 Å². The highest BCUT2D eigenvalue weighted by molar-refractivity contribution is 5.92. The van der Waals surface area contributed by atoms with E-state index in [2.05, 4.69) is 27.2 Å². The molecule has 1 aliphatic rings. The first kappa shape index (κ1) is 14.2. The Morgan fingerprint density at radius 2 is 2.13 bits per heavy atom. The van der Waals surface area contributed by atoms with Crippen LogP contribution in [0.5, 0.6) is 0 Å². The lowest BCUT2D eigenvalue weighted by Crippen LogP contribution is -2.19. The van der Waals surface area contributed by atoms with Gasteiger partial charge in [-0.2, -0.15) is 5.10 Å². The Morgan fingerprint density at radius 3 is 2.91 bits per heavy atom. The number of hydrogen-bond acceptors (Lipinski definition) is 3. The van der Waals surface area contributed by atoms with E-state index >= 15 is 0 Å². The third kappa shape index (κ3) is 2.56. The Hall–Kier alpha value is -2.43. The zero-order valence-electron chi connectivity index (χ0n) is 13.3. The van der Waals surface area contributed by atoms with E-state index in [0.717, 1.165) is 41.8 Å². The summed E-state index contributed by atoms with van der Waals surface area (Å²) >= 11 is 0. The van der Waals surface area contributed by atoms with E-state index in [1.54, 1.807) is 12.1 Å². The summed E-state index contributed by atoms with van der Waals surface area (Å²) in [6, 6.07) is 6.89. The number of fused-ring (bicyclic) bond motifs is 1. The molecule has 0 aliphatic carbocycles. The molecule has 1 fully saturated rings. The number of pyridine rings is 1. The van der Waals surface area contributed by atoms with Crippen LogP contribution in [-0.2, 0) is 7.05 Å². The molecule has 4 rings (SSSR count). The highest BCUT2D eigenvalue weighted by Gasteiger charge is 2.26. The summed E-state index contributed by atoms with van der Waals surface area (Å²) in [5.41, 5.74) is 4.17. The van der Waals surface area contributed by atoms with Crippen LogP contribution in [0.15, 0.2) is 36.7 Å². The number of benzene rings is 1. The lowest BCUT2D eigenvalue weighted by Gasteiger charge is -2.21.